The average molecular weight is 297 g/mol. The highest BCUT2D eigenvalue weighted by atomic mass is 16.5. The van der Waals surface area contributed by atoms with E-state index in [2.05, 4.69) is 5.32 Å². The van der Waals surface area contributed by atoms with E-state index in [4.69, 9.17) is 4.74 Å². The Balaban J connectivity index is 1.94. The van der Waals surface area contributed by atoms with Crippen molar-refractivity contribution in [1.82, 2.24) is 5.32 Å². The predicted octanol–water partition coefficient (Wildman–Crippen LogP) is 3.81. The van der Waals surface area contributed by atoms with Gasteiger partial charge in [-0.05, 0) is 51.0 Å². The lowest BCUT2D eigenvalue weighted by Gasteiger charge is -2.17. The summed E-state index contributed by atoms with van der Waals surface area (Å²) in [5, 5.41) is 2.99. The summed E-state index contributed by atoms with van der Waals surface area (Å²) in [7, 11) is 0. The molecule has 0 saturated carbocycles. The summed E-state index contributed by atoms with van der Waals surface area (Å²) in [5.41, 5.74) is 3.88. The number of nitrogens with one attached hydrogen (secondary N) is 1. The van der Waals surface area contributed by atoms with Gasteiger partial charge in [0.1, 0.15) is 12.4 Å². The Hall–Kier alpha value is -2.29. The zero-order chi connectivity index (χ0) is 16.1. The Kier molecular flexibility index (Phi) is 5.21. The maximum Gasteiger partial charge on any atom is 0.251 e. The molecule has 0 aromatic heterocycles. The number of amides is 1. The lowest BCUT2D eigenvalue weighted by Crippen LogP contribution is -2.37. The highest BCUT2D eigenvalue weighted by molar-refractivity contribution is 5.96. The van der Waals surface area contributed by atoms with E-state index in [0.29, 0.717) is 6.61 Å². The molecule has 22 heavy (non-hydrogen) atoms. The predicted molar refractivity (Wildman–Crippen MR) is 89.5 cm³/mol. The van der Waals surface area contributed by atoms with E-state index in [1.807, 2.05) is 70.2 Å². The number of benzene rings is 2. The van der Waals surface area contributed by atoms with Crippen LogP contribution in [0.4, 0.5) is 0 Å². The highest BCUT2D eigenvalue weighted by Gasteiger charge is 2.13. The zero-order valence-electron chi connectivity index (χ0n) is 13.6. The minimum absolute atomic E-state index is 0.0536. The molecule has 3 heteroatoms. The van der Waals surface area contributed by atoms with Crippen LogP contribution in [0.15, 0.2) is 42.5 Å². The fraction of sp³-hybridized carbons (Fsp3) is 0.316. The van der Waals surface area contributed by atoms with Gasteiger partial charge in [0.05, 0.1) is 6.04 Å². The van der Waals surface area contributed by atoms with E-state index in [-0.39, 0.29) is 11.9 Å². The number of hydrogen-bond acceptors (Lipinski definition) is 2. The van der Waals surface area contributed by atoms with Crippen LogP contribution in [0.25, 0.3) is 0 Å². The van der Waals surface area contributed by atoms with Gasteiger partial charge in [-0.15, -0.1) is 0 Å². The molecule has 0 saturated heterocycles. The van der Waals surface area contributed by atoms with E-state index in [1.54, 1.807) is 0 Å². The summed E-state index contributed by atoms with van der Waals surface area (Å²) in [4.78, 5) is 12.3. The molecule has 1 atom stereocenters. The van der Waals surface area contributed by atoms with Crippen LogP contribution in [-0.2, 0) is 0 Å². The summed E-state index contributed by atoms with van der Waals surface area (Å²) in [5.74, 6) is 0.803. The van der Waals surface area contributed by atoms with Crippen molar-refractivity contribution < 1.29 is 9.53 Å². The maximum absolute atomic E-state index is 12.3. The first-order chi connectivity index (χ1) is 10.5. The third-order valence-corrected chi connectivity index (χ3v) is 3.60. The van der Waals surface area contributed by atoms with Gasteiger partial charge in [-0.2, -0.15) is 0 Å². The van der Waals surface area contributed by atoms with Gasteiger partial charge in [0, 0.05) is 5.56 Å². The molecule has 1 amide bonds. The molecule has 0 heterocycles. The summed E-state index contributed by atoms with van der Waals surface area (Å²) in [6.07, 6.45) is 0. The van der Waals surface area contributed by atoms with Crippen molar-refractivity contribution in [2.45, 2.75) is 33.7 Å². The summed E-state index contributed by atoms with van der Waals surface area (Å²) < 4.78 is 5.77. The van der Waals surface area contributed by atoms with E-state index in [9.17, 15) is 4.79 Å². The van der Waals surface area contributed by atoms with Gasteiger partial charge in [-0.1, -0.05) is 35.9 Å². The molecular formula is C19H23NO2. The van der Waals surface area contributed by atoms with Crippen LogP contribution >= 0.6 is 0 Å². The summed E-state index contributed by atoms with van der Waals surface area (Å²) >= 11 is 0. The molecule has 0 fully saturated rings. The van der Waals surface area contributed by atoms with Crippen LogP contribution < -0.4 is 10.1 Å². The molecular weight excluding hydrogens is 274 g/mol. The molecule has 116 valence electrons. The topological polar surface area (TPSA) is 38.3 Å². The van der Waals surface area contributed by atoms with Crippen molar-refractivity contribution in [3.05, 3.63) is 64.7 Å². The number of aryl methyl sites for hydroxylation is 3. The largest absolute Gasteiger partial charge is 0.491 e. The number of rotatable bonds is 5. The zero-order valence-corrected chi connectivity index (χ0v) is 13.6. The Morgan fingerprint density at radius 1 is 1.09 bits per heavy atom. The second-order valence-corrected chi connectivity index (χ2v) is 5.77. The van der Waals surface area contributed by atoms with Crippen LogP contribution in [0, 0.1) is 20.8 Å². The normalized spacial score (nSPS) is 11.8. The van der Waals surface area contributed by atoms with Gasteiger partial charge in [0.2, 0.25) is 0 Å². The van der Waals surface area contributed by atoms with Gasteiger partial charge in [-0.3, -0.25) is 4.79 Å². The number of ether oxygens (including phenoxy) is 1. The van der Waals surface area contributed by atoms with Gasteiger partial charge in [-0.25, -0.2) is 0 Å². The van der Waals surface area contributed by atoms with Crippen molar-refractivity contribution in [2.75, 3.05) is 6.61 Å². The number of carbonyl (C=O) groups excluding carboxylic acids is 1. The standard InChI is InChI=1S/C19H23NO2/c1-13-9-10-14(2)17(11-13)19(21)20-16(4)12-22-18-8-6-5-7-15(18)3/h5-11,16H,12H2,1-4H3,(H,20,21)/t16-/m0/s1. The third-order valence-electron chi connectivity index (χ3n) is 3.60. The first-order valence-electron chi connectivity index (χ1n) is 7.54. The van der Waals surface area contributed by atoms with Crippen molar-refractivity contribution in [2.24, 2.45) is 0 Å². The first-order valence-corrected chi connectivity index (χ1v) is 7.54. The first kappa shape index (κ1) is 16.1. The molecule has 0 unspecified atom stereocenters. The Morgan fingerprint density at radius 3 is 2.55 bits per heavy atom. The molecule has 2 rings (SSSR count). The van der Waals surface area contributed by atoms with Crippen LogP contribution in [-0.4, -0.2) is 18.6 Å². The maximum atomic E-state index is 12.3. The number of hydrogen-bond donors (Lipinski definition) is 1. The summed E-state index contributed by atoms with van der Waals surface area (Å²) in [6, 6.07) is 13.7. The van der Waals surface area contributed by atoms with Crippen LogP contribution in [0.5, 0.6) is 5.75 Å². The van der Waals surface area contributed by atoms with Crippen molar-refractivity contribution in [3.8, 4) is 5.75 Å². The molecule has 0 aliphatic heterocycles. The summed E-state index contributed by atoms with van der Waals surface area (Å²) in [6.45, 7) is 8.33. The van der Waals surface area contributed by atoms with Gasteiger partial charge in [0.25, 0.3) is 5.91 Å². The number of para-hydroxylation sites is 1. The van der Waals surface area contributed by atoms with E-state index in [0.717, 1.165) is 28.0 Å². The smallest absolute Gasteiger partial charge is 0.251 e. The molecule has 0 aliphatic carbocycles. The van der Waals surface area contributed by atoms with Crippen molar-refractivity contribution in [3.63, 3.8) is 0 Å². The van der Waals surface area contributed by atoms with E-state index in [1.165, 1.54) is 0 Å². The second kappa shape index (κ2) is 7.12. The Labute approximate surface area is 132 Å². The minimum atomic E-state index is -0.0629. The molecule has 1 N–H and O–H groups in total. The highest BCUT2D eigenvalue weighted by Crippen LogP contribution is 2.16. The fourth-order valence-electron chi connectivity index (χ4n) is 2.26. The van der Waals surface area contributed by atoms with E-state index < -0.39 is 0 Å². The van der Waals surface area contributed by atoms with Crippen LogP contribution in [0.3, 0.4) is 0 Å². The van der Waals surface area contributed by atoms with Crippen molar-refractivity contribution in [1.29, 1.82) is 0 Å². The number of carbonyl (C=O) groups is 1. The fourth-order valence-corrected chi connectivity index (χ4v) is 2.26. The Morgan fingerprint density at radius 2 is 1.82 bits per heavy atom. The van der Waals surface area contributed by atoms with E-state index >= 15 is 0 Å². The second-order valence-electron chi connectivity index (χ2n) is 5.77. The minimum Gasteiger partial charge on any atom is -0.491 e. The third kappa shape index (κ3) is 4.10. The average Bonchev–Trinajstić information content (AvgIpc) is 2.48. The molecule has 2 aromatic rings. The molecule has 3 nitrogen and oxygen atoms in total. The SMILES string of the molecule is Cc1ccc(C)c(C(=O)N[C@@H](C)COc2ccccc2C)c1. The van der Waals surface area contributed by atoms with Gasteiger partial charge < -0.3 is 10.1 Å². The van der Waals surface area contributed by atoms with Gasteiger partial charge >= 0.3 is 0 Å². The Bertz CT molecular complexity index is 664. The monoisotopic (exact) mass is 297 g/mol. The van der Waals surface area contributed by atoms with Crippen LogP contribution in [0.1, 0.15) is 34.0 Å². The van der Waals surface area contributed by atoms with Crippen molar-refractivity contribution >= 4 is 5.91 Å². The molecule has 0 bridgehead atoms. The lowest BCUT2D eigenvalue weighted by atomic mass is 10.0. The van der Waals surface area contributed by atoms with Crippen LogP contribution in [0.2, 0.25) is 0 Å². The molecule has 2 aromatic carbocycles. The molecule has 0 radical (unpaired) electrons. The molecule has 0 spiro atoms. The molecule has 0 aliphatic rings. The quantitative estimate of drug-likeness (QED) is 0.911. The van der Waals surface area contributed by atoms with Gasteiger partial charge in [0.15, 0.2) is 0 Å². The lowest BCUT2D eigenvalue weighted by molar-refractivity contribution is 0.0926.